The summed E-state index contributed by atoms with van der Waals surface area (Å²) < 4.78 is 5.21. The third-order valence-corrected chi connectivity index (χ3v) is 2.18. The van der Waals surface area contributed by atoms with Crippen molar-refractivity contribution >= 4 is 5.97 Å². The van der Waals surface area contributed by atoms with Crippen LogP contribution in [0.4, 0.5) is 0 Å². The third kappa shape index (κ3) is 5.45. The number of carbonyl (C=O) groups is 1. The van der Waals surface area contributed by atoms with Crippen LogP contribution in [0.2, 0.25) is 0 Å². The van der Waals surface area contributed by atoms with Crippen LogP contribution in [0, 0.1) is 0 Å². The molecule has 94 valence electrons. The molecule has 4 heteroatoms. The fraction of sp³-hybridized carbons (Fsp3) is 0.538. The van der Waals surface area contributed by atoms with E-state index in [-0.39, 0.29) is 18.6 Å². The SMILES string of the molecule is C[C@@H](NCC(=O)OC(C)(C)C)c1ccncc1. The van der Waals surface area contributed by atoms with Crippen molar-refractivity contribution in [2.24, 2.45) is 0 Å². The molecule has 0 saturated heterocycles. The first-order valence-corrected chi connectivity index (χ1v) is 5.73. The number of rotatable bonds is 4. The molecule has 0 amide bonds. The first-order chi connectivity index (χ1) is 7.88. The highest BCUT2D eigenvalue weighted by molar-refractivity contribution is 5.72. The van der Waals surface area contributed by atoms with Crippen LogP contribution in [0.3, 0.4) is 0 Å². The Morgan fingerprint density at radius 3 is 2.53 bits per heavy atom. The van der Waals surface area contributed by atoms with E-state index in [9.17, 15) is 4.79 Å². The predicted molar refractivity (Wildman–Crippen MR) is 66.5 cm³/mol. The number of pyridine rings is 1. The average Bonchev–Trinajstić information content (AvgIpc) is 2.25. The molecule has 0 fully saturated rings. The minimum atomic E-state index is -0.432. The van der Waals surface area contributed by atoms with Gasteiger partial charge < -0.3 is 10.1 Å². The Balaban J connectivity index is 2.39. The molecule has 0 aliphatic heterocycles. The molecule has 0 radical (unpaired) electrons. The molecular formula is C13H20N2O2. The Bertz CT molecular complexity index is 357. The zero-order valence-corrected chi connectivity index (χ0v) is 10.9. The van der Waals surface area contributed by atoms with Gasteiger partial charge in [-0.15, -0.1) is 0 Å². The summed E-state index contributed by atoms with van der Waals surface area (Å²) in [4.78, 5) is 15.4. The normalized spacial score (nSPS) is 13.2. The Morgan fingerprint density at radius 1 is 1.41 bits per heavy atom. The van der Waals surface area contributed by atoms with Crippen molar-refractivity contribution in [3.05, 3.63) is 30.1 Å². The van der Waals surface area contributed by atoms with E-state index < -0.39 is 5.60 Å². The zero-order chi connectivity index (χ0) is 12.9. The molecule has 0 aliphatic carbocycles. The van der Waals surface area contributed by atoms with Crippen LogP contribution in [0.15, 0.2) is 24.5 Å². The molecule has 1 aromatic heterocycles. The quantitative estimate of drug-likeness (QED) is 0.813. The number of carbonyl (C=O) groups excluding carboxylic acids is 1. The van der Waals surface area contributed by atoms with Crippen molar-refractivity contribution in [3.8, 4) is 0 Å². The molecule has 1 heterocycles. The highest BCUT2D eigenvalue weighted by Gasteiger charge is 2.16. The van der Waals surface area contributed by atoms with Crippen molar-refractivity contribution in [1.29, 1.82) is 0 Å². The maximum absolute atomic E-state index is 11.5. The molecule has 0 unspecified atom stereocenters. The molecule has 0 saturated carbocycles. The van der Waals surface area contributed by atoms with Crippen LogP contribution in [0.25, 0.3) is 0 Å². The summed E-state index contributed by atoms with van der Waals surface area (Å²) >= 11 is 0. The summed E-state index contributed by atoms with van der Waals surface area (Å²) in [6, 6.07) is 3.95. The van der Waals surface area contributed by atoms with Gasteiger partial charge in [0.25, 0.3) is 0 Å². The third-order valence-electron chi connectivity index (χ3n) is 2.18. The standard InChI is InChI=1S/C13H20N2O2/c1-10(11-5-7-14-8-6-11)15-9-12(16)17-13(2,3)4/h5-8,10,15H,9H2,1-4H3/t10-/m1/s1. The zero-order valence-electron chi connectivity index (χ0n) is 10.9. The predicted octanol–water partition coefficient (Wildman–Crippen LogP) is 2.07. The van der Waals surface area contributed by atoms with Crippen molar-refractivity contribution in [3.63, 3.8) is 0 Å². The smallest absolute Gasteiger partial charge is 0.320 e. The summed E-state index contributed by atoms with van der Waals surface area (Å²) in [5.74, 6) is -0.238. The van der Waals surface area contributed by atoms with Gasteiger partial charge >= 0.3 is 5.97 Å². The minimum absolute atomic E-state index is 0.102. The minimum Gasteiger partial charge on any atom is -0.459 e. The van der Waals surface area contributed by atoms with Crippen LogP contribution in [0.5, 0.6) is 0 Å². The van der Waals surface area contributed by atoms with Gasteiger partial charge in [-0.2, -0.15) is 0 Å². The highest BCUT2D eigenvalue weighted by Crippen LogP contribution is 2.10. The summed E-state index contributed by atoms with van der Waals surface area (Å²) in [6.07, 6.45) is 3.47. The van der Waals surface area contributed by atoms with Gasteiger partial charge in [-0.3, -0.25) is 9.78 Å². The fourth-order valence-corrected chi connectivity index (χ4v) is 1.38. The lowest BCUT2D eigenvalue weighted by Gasteiger charge is -2.20. The lowest BCUT2D eigenvalue weighted by molar-refractivity contribution is -0.153. The van der Waals surface area contributed by atoms with Gasteiger partial charge in [0.1, 0.15) is 5.60 Å². The van der Waals surface area contributed by atoms with E-state index in [1.165, 1.54) is 0 Å². The Labute approximate surface area is 102 Å². The fourth-order valence-electron chi connectivity index (χ4n) is 1.38. The number of nitrogens with one attached hydrogen (secondary N) is 1. The molecule has 17 heavy (non-hydrogen) atoms. The summed E-state index contributed by atoms with van der Waals surface area (Å²) in [7, 11) is 0. The number of esters is 1. The molecule has 1 rings (SSSR count). The van der Waals surface area contributed by atoms with E-state index >= 15 is 0 Å². The van der Waals surface area contributed by atoms with Crippen LogP contribution in [-0.2, 0) is 9.53 Å². The number of hydrogen-bond acceptors (Lipinski definition) is 4. The van der Waals surface area contributed by atoms with Crippen molar-refractivity contribution in [2.45, 2.75) is 39.3 Å². The largest absolute Gasteiger partial charge is 0.459 e. The van der Waals surface area contributed by atoms with E-state index in [4.69, 9.17) is 4.74 Å². The van der Waals surface area contributed by atoms with E-state index in [0.717, 1.165) is 5.56 Å². The number of ether oxygens (including phenoxy) is 1. The Morgan fingerprint density at radius 2 is 2.00 bits per heavy atom. The molecule has 4 nitrogen and oxygen atoms in total. The van der Waals surface area contributed by atoms with Crippen molar-refractivity contribution in [2.75, 3.05) is 6.54 Å². The monoisotopic (exact) mass is 236 g/mol. The van der Waals surface area contributed by atoms with E-state index in [2.05, 4.69) is 10.3 Å². The summed E-state index contributed by atoms with van der Waals surface area (Å²) in [5, 5.41) is 3.12. The van der Waals surface area contributed by atoms with Crippen LogP contribution >= 0.6 is 0 Å². The van der Waals surface area contributed by atoms with Crippen LogP contribution in [0.1, 0.15) is 39.3 Å². The maximum atomic E-state index is 11.5. The first kappa shape index (κ1) is 13.6. The van der Waals surface area contributed by atoms with Crippen molar-refractivity contribution < 1.29 is 9.53 Å². The second kappa shape index (κ2) is 5.77. The van der Waals surface area contributed by atoms with Gasteiger partial charge in [0.2, 0.25) is 0 Å². The molecule has 0 bridgehead atoms. The Hall–Kier alpha value is -1.42. The molecular weight excluding hydrogens is 216 g/mol. The average molecular weight is 236 g/mol. The maximum Gasteiger partial charge on any atom is 0.320 e. The summed E-state index contributed by atoms with van der Waals surface area (Å²) in [6.45, 7) is 7.78. The highest BCUT2D eigenvalue weighted by atomic mass is 16.6. The van der Waals surface area contributed by atoms with E-state index in [0.29, 0.717) is 0 Å². The van der Waals surface area contributed by atoms with Gasteiger partial charge in [-0.05, 0) is 45.4 Å². The molecule has 1 aromatic rings. The molecule has 0 aliphatic rings. The van der Waals surface area contributed by atoms with Crippen LogP contribution < -0.4 is 5.32 Å². The van der Waals surface area contributed by atoms with E-state index in [1.807, 2.05) is 39.8 Å². The first-order valence-electron chi connectivity index (χ1n) is 5.73. The van der Waals surface area contributed by atoms with Crippen LogP contribution in [-0.4, -0.2) is 23.1 Å². The molecule has 0 aromatic carbocycles. The topological polar surface area (TPSA) is 51.2 Å². The molecule has 1 atom stereocenters. The van der Waals surface area contributed by atoms with Gasteiger partial charge in [0, 0.05) is 18.4 Å². The molecule has 1 N–H and O–H groups in total. The second-order valence-electron chi connectivity index (χ2n) is 4.97. The second-order valence-corrected chi connectivity index (χ2v) is 4.97. The molecule has 0 spiro atoms. The lowest BCUT2D eigenvalue weighted by Crippen LogP contribution is -2.32. The van der Waals surface area contributed by atoms with Gasteiger partial charge in [0.15, 0.2) is 0 Å². The lowest BCUT2D eigenvalue weighted by atomic mass is 10.1. The van der Waals surface area contributed by atoms with Gasteiger partial charge in [0.05, 0.1) is 6.54 Å². The number of hydrogen-bond donors (Lipinski definition) is 1. The van der Waals surface area contributed by atoms with Gasteiger partial charge in [-0.1, -0.05) is 0 Å². The Kier molecular flexibility index (Phi) is 4.63. The van der Waals surface area contributed by atoms with E-state index in [1.54, 1.807) is 12.4 Å². The van der Waals surface area contributed by atoms with Crippen molar-refractivity contribution in [1.82, 2.24) is 10.3 Å². The van der Waals surface area contributed by atoms with Gasteiger partial charge in [-0.25, -0.2) is 0 Å². The number of nitrogens with zero attached hydrogens (tertiary/aromatic N) is 1. The summed E-state index contributed by atoms with van der Waals surface area (Å²) in [5.41, 5.74) is 0.669. The number of aromatic nitrogens is 1.